The largest absolute Gasteiger partial charge is 0.497 e. The summed E-state index contributed by atoms with van der Waals surface area (Å²) in [5.41, 5.74) is 6.14. The van der Waals surface area contributed by atoms with Crippen LogP contribution in [0.2, 0.25) is 0 Å². The molecule has 1 aromatic carbocycles. The van der Waals surface area contributed by atoms with E-state index in [4.69, 9.17) is 9.57 Å². The van der Waals surface area contributed by atoms with Crippen molar-refractivity contribution in [3.63, 3.8) is 0 Å². The van der Waals surface area contributed by atoms with Crippen molar-refractivity contribution in [2.75, 3.05) is 20.4 Å². The number of nitrogens with zero attached hydrogens (tertiary/aromatic N) is 3. The van der Waals surface area contributed by atoms with E-state index in [2.05, 4.69) is 32.6 Å². The first-order valence-electron chi connectivity index (χ1n) is 11.0. The van der Waals surface area contributed by atoms with Gasteiger partial charge in [-0.05, 0) is 48.4 Å². The van der Waals surface area contributed by atoms with Crippen LogP contribution in [0.15, 0.2) is 55.0 Å². The molecule has 35 heavy (non-hydrogen) atoms. The van der Waals surface area contributed by atoms with E-state index < -0.39 is 5.54 Å². The summed E-state index contributed by atoms with van der Waals surface area (Å²) in [5.74, 6) is 6.05. The molecule has 2 amide bonds. The number of aryl methyl sites for hydroxylation is 1. The van der Waals surface area contributed by atoms with Crippen molar-refractivity contribution in [2.24, 2.45) is 0 Å². The van der Waals surface area contributed by atoms with Crippen LogP contribution in [-0.4, -0.2) is 52.6 Å². The first-order chi connectivity index (χ1) is 17.0. The van der Waals surface area contributed by atoms with Crippen molar-refractivity contribution < 1.29 is 19.2 Å². The number of hydrogen-bond donors (Lipinski definition) is 2. The van der Waals surface area contributed by atoms with Crippen LogP contribution in [0.25, 0.3) is 11.3 Å². The molecule has 2 aromatic heterocycles. The van der Waals surface area contributed by atoms with E-state index in [1.54, 1.807) is 36.7 Å². The second-order valence-corrected chi connectivity index (χ2v) is 8.36. The average Bonchev–Trinajstić information content (AvgIpc) is 3.19. The number of benzene rings is 1. The number of carbonyl (C=O) groups excluding carboxylic acids is 2. The molecule has 0 bridgehead atoms. The number of fused-ring (bicyclic) bond motifs is 1. The Labute approximate surface area is 202 Å². The van der Waals surface area contributed by atoms with Crippen molar-refractivity contribution in [1.82, 2.24) is 25.7 Å². The Kier molecular flexibility index (Phi) is 5.91. The van der Waals surface area contributed by atoms with Gasteiger partial charge in [0, 0.05) is 41.8 Å². The Hall–Kier alpha value is -4.26. The molecule has 2 aliphatic rings. The van der Waals surface area contributed by atoms with Gasteiger partial charge in [-0.15, -0.1) is 0 Å². The zero-order chi connectivity index (χ0) is 24.4. The molecule has 0 unspecified atom stereocenters. The van der Waals surface area contributed by atoms with Gasteiger partial charge in [-0.1, -0.05) is 17.9 Å². The molecule has 176 valence electrons. The Morgan fingerprint density at radius 2 is 2.06 bits per heavy atom. The minimum atomic E-state index is -1.45. The second-order valence-electron chi connectivity index (χ2n) is 8.36. The lowest BCUT2D eigenvalue weighted by molar-refractivity contribution is -0.145. The normalized spacial score (nSPS) is 19.0. The van der Waals surface area contributed by atoms with Crippen molar-refractivity contribution >= 4 is 11.8 Å². The zero-order valence-corrected chi connectivity index (χ0v) is 19.3. The van der Waals surface area contributed by atoms with Gasteiger partial charge in [0.2, 0.25) is 0 Å². The van der Waals surface area contributed by atoms with Crippen molar-refractivity contribution in [1.29, 1.82) is 0 Å². The third-order valence-electron chi connectivity index (χ3n) is 6.06. The highest BCUT2D eigenvalue weighted by atomic mass is 16.7. The van der Waals surface area contributed by atoms with Gasteiger partial charge in [0.1, 0.15) is 12.5 Å². The van der Waals surface area contributed by atoms with Crippen LogP contribution < -0.4 is 15.5 Å². The summed E-state index contributed by atoms with van der Waals surface area (Å²) >= 11 is 0. The summed E-state index contributed by atoms with van der Waals surface area (Å²) in [4.78, 5) is 41.6. The van der Waals surface area contributed by atoms with Crippen molar-refractivity contribution in [3.05, 3.63) is 77.2 Å². The fourth-order valence-corrected chi connectivity index (χ4v) is 4.10. The molecule has 2 N–H and O–H groups in total. The maximum absolute atomic E-state index is 13.1. The van der Waals surface area contributed by atoms with Crippen molar-refractivity contribution in [2.45, 2.75) is 19.0 Å². The number of pyridine rings is 2. The maximum Gasteiger partial charge on any atom is 0.258 e. The van der Waals surface area contributed by atoms with Crippen LogP contribution in [-0.2, 0) is 16.2 Å². The van der Waals surface area contributed by atoms with E-state index >= 15 is 0 Å². The molecule has 0 aliphatic carbocycles. The van der Waals surface area contributed by atoms with E-state index in [1.165, 1.54) is 0 Å². The van der Waals surface area contributed by atoms with Crippen molar-refractivity contribution in [3.8, 4) is 28.8 Å². The maximum atomic E-state index is 13.1. The molecular formula is C26H23N5O4. The Bertz CT molecular complexity index is 1360. The second kappa shape index (κ2) is 9.18. The molecule has 3 aromatic rings. The van der Waals surface area contributed by atoms with Crippen LogP contribution in [0.3, 0.4) is 0 Å². The molecule has 1 fully saturated rings. The molecule has 4 heterocycles. The van der Waals surface area contributed by atoms with E-state index in [0.717, 1.165) is 22.4 Å². The van der Waals surface area contributed by atoms with Crippen LogP contribution in [0.1, 0.15) is 27.0 Å². The molecule has 9 heteroatoms. The molecule has 0 spiro atoms. The molecule has 2 aliphatic heterocycles. The number of nitrogens with one attached hydrogen (secondary N) is 2. The molecule has 0 saturated carbocycles. The topological polar surface area (TPSA) is 106 Å². The predicted octanol–water partition coefficient (Wildman–Crippen LogP) is 1.82. The van der Waals surface area contributed by atoms with Gasteiger partial charge in [0.05, 0.1) is 19.3 Å². The minimum absolute atomic E-state index is 0.00204. The fraction of sp³-hybridized carbons (Fsp3) is 0.231. The molecule has 1 saturated heterocycles. The number of methoxy groups -OCH3 is 1. The first kappa shape index (κ1) is 22.5. The number of rotatable bonds is 4. The quantitative estimate of drug-likeness (QED) is 0.562. The number of hydrogen-bond acceptors (Lipinski definition) is 7. The standard InChI is InChI=1S/C26H23N5O4/c1-17-8-10-27-13-22(17)23-6-3-18(12-28-23)7-9-26(25(33)29-16-35-30-26)15-31-14-19-4-5-20(34-2)11-21(19)24(31)32/h3-6,8,10-13,30H,14-16H2,1-2H3,(H,29,33)/t26-/m1/s1. The third kappa shape index (κ3) is 4.33. The van der Waals surface area contributed by atoms with Crippen LogP contribution >= 0.6 is 0 Å². The van der Waals surface area contributed by atoms with E-state index in [9.17, 15) is 9.59 Å². The monoisotopic (exact) mass is 469 g/mol. The van der Waals surface area contributed by atoms with Gasteiger partial charge < -0.3 is 15.0 Å². The van der Waals surface area contributed by atoms with Gasteiger partial charge in [0.15, 0.2) is 5.54 Å². The lowest BCUT2D eigenvalue weighted by Crippen LogP contribution is -2.66. The molecule has 0 radical (unpaired) electrons. The van der Waals surface area contributed by atoms with E-state index in [-0.39, 0.29) is 25.1 Å². The average molecular weight is 470 g/mol. The van der Waals surface area contributed by atoms with E-state index in [1.807, 2.05) is 37.3 Å². The van der Waals surface area contributed by atoms with E-state index in [0.29, 0.717) is 23.4 Å². The number of hydroxylamine groups is 1. The highest BCUT2D eigenvalue weighted by molar-refractivity contribution is 6.00. The Morgan fingerprint density at radius 1 is 1.17 bits per heavy atom. The first-order valence-corrected chi connectivity index (χ1v) is 11.0. The summed E-state index contributed by atoms with van der Waals surface area (Å²) in [6.45, 7) is 2.37. The lowest BCUT2D eigenvalue weighted by atomic mass is 9.98. The summed E-state index contributed by atoms with van der Waals surface area (Å²) in [7, 11) is 1.55. The highest BCUT2D eigenvalue weighted by Crippen LogP contribution is 2.28. The van der Waals surface area contributed by atoms with Crippen LogP contribution in [0.5, 0.6) is 5.75 Å². The molecule has 9 nitrogen and oxygen atoms in total. The predicted molar refractivity (Wildman–Crippen MR) is 127 cm³/mol. The minimum Gasteiger partial charge on any atom is -0.497 e. The van der Waals surface area contributed by atoms with Crippen LogP contribution in [0, 0.1) is 18.8 Å². The number of ether oxygens (including phenoxy) is 1. The summed E-state index contributed by atoms with van der Waals surface area (Å²) < 4.78 is 5.24. The van der Waals surface area contributed by atoms with Crippen LogP contribution in [0.4, 0.5) is 0 Å². The molecule has 1 atom stereocenters. The Morgan fingerprint density at radius 3 is 2.80 bits per heavy atom. The summed E-state index contributed by atoms with van der Waals surface area (Å²) in [6, 6.07) is 11.0. The Balaban J connectivity index is 1.41. The molecule has 5 rings (SSSR count). The smallest absolute Gasteiger partial charge is 0.258 e. The third-order valence-corrected chi connectivity index (χ3v) is 6.06. The van der Waals surface area contributed by atoms with Gasteiger partial charge in [-0.25, -0.2) is 0 Å². The lowest BCUT2D eigenvalue weighted by Gasteiger charge is -2.35. The summed E-state index contributed by atoms with van der Waals surface area (Å²) in [5, 5.41) is 2.67. The SMILES string of the molecule is COc1ccc2c(c1)C(=O)N(C[C@@]1(C#Cc3ccc(-c4cnccc4C)nc3)NOCNC1=O)C2. The zero-order valence-electron chi connectivity index (χ0n) is 19.3. The summed E-state index contributed by atoms with van der Waals surface area (Å²) in [6.07, 6.45) is 5.15. The van der Waals surface area contributed by atoms with Gasteiger partial charge in [-0.3, -0.25) is 24.4 Å². The van der Waals surface area contributed by atoms with Gasteiger partial charge >= 0.3 is 0 Å². The number of aromatic nitrogens is 2. The number of amides is 2. The molecular weight excluding hydrogens is 446 g/mol. The van der Waals surface area contributed by atoms with Gasteiger partial charge in [-0.2, -0.15) is 5.48 Å². The number of carbonyl (C=O) groups is 2. The fourth-order valence-electron chi connectivity index (χ4n) is 4.10. The van der Waals surface area contributed by atoms with Gasteiger partial charge in [0.25, 0.3) is 11.8 Å². The highest BCUT2D eigenvalue weighted by Gasteiger charge is 2.44.